The highest BCUT2D eigenvalue weighted by atomic mass is 19.4. The highest BCUT2D eigenvalue weighted by molar-refractivity contribution is 4.98. The van der Waals surface area contributed by atoms with Gasteiger partial charge in [-0.25, -0.2) is 0 Å². The van der Waals surface area contributed by atoms with Crippen molar-refractivity contribution in [2.24, 2.45) is 29.1 Å². The maximum Gasteiger partial charge on any atom is 0.416 e. The largest absolute Gasteiger partial charge is 0.416 e. The molecule has 4 aliphatic rings. The molecule has 0 amide bonds. The summed E-state index contributed by atoms with van der Waals surface area (Å²) in [6, 6.07) is 0. The van der Waals surface area contributed by atoms with E-state index in [1.807, 2.05) is 0 Å². The van der Waals surface area contributed by atoms with E-state index in [1.165, 1.54) is 25.7 Å². The molecule has 0 unspecified atom stereocenters. The Bertz CT molecular complexity index is 914. The normalized spacial score (nSPS) is 20.7. The average Bonchev–Trinajstić information content (AvgIpc) is 3.07. The lowest BCUT2D eigenvalue weighted by Gasteiger charge is -2.53. The standard InChI is InChI=1S/C27H48.4C4H7F3O/c1-5-13-23(14-6-1)21-27(25-17-9-3-10-18-25,26-19-11-4-12-20-26)22-24-15-7-2-8-16-24;4*1-3(2,8)4(5,6)7/h23-26H,1-22H2;4*8H,1-2H3. The van der Waals surface area contributed by atoms with E-state index < -0.39 is 47.1 Å². The zero-order chi connectivity index (χ0) is 46.4. The van der Waals surface area contributed by atoms with Crippen LogP contribution in [0.1, 0.15) is 197 Å². The minimum Gasteiger partial charge on any atom is -0.381 e. The van der Waals surface area contributed by atoms with Crippen LogP contribution < -0.4 is 0 Å². The highest BCUT2D eigenvalue weighted by Crippen LogP contribution is 2.58. The fraction of sp³-hybridized carbons (Fsp3) is 1.00. The number of alkyl halides is 12. The summed E-state index contributed by atoms with van der Waals surface area (Å²) >= 11 is 0. The van der Waals surface area contributed by atoms with E-state index in [0.717, 1.165) is 29.1 Å². The molecule has 59 heavy (non-hydrogen) atoms. The first-order chi connectivity index (χ1) is 26.4. The lowest BCUT2D eigenvalue weighted by atomic mass is 9.52. The fourth-order valence-electron chi connectivity index (χ4n) is 8.30. The number of hydrogen-bond acceptors (Lipinski definition) is 4. The van der Waals surface area contributed by atoms with Gasteiger partial charge in [-0.2, -0.15) is 52.7 Å². The second-order valence-corrected chi connectivity index (χ2v) is 19.5. The minimum atomic E-state index is -4.51. The second-order valence-electron chi connectivity index (χ2n) is 19.5. The molecule has 0 aromatic carbocycles. The molecule has 4 rings (SSSR count). The van der Waals surface area contributed by atoms with E-state index in [1.54, 1.807) is 116 Å². The molecule has 0 aliphatic heterocycles. The molecule has 0 aromatic heterocycles. The van der Waals surface area contributed by atoms with Crippen LogP contribution >= 0.6 is 0 Å². The van der Waals surface area contributed by atoms with Gasteiger partial charge in [0, 0.05) is 0 Å². The highest BCUT2D eigenvalue weighted by Gasteiger charge is 2.49. The van der Waals surface area contributed by atoms with E-state index in [9.17, 15) is 52.7 Å². The van der Waals surface area contributed by atoms with Crippen LogP contribution in [0.2, 0.25) is 0 Å². The van der Waals surface area contributed by atoms with Gasteiger partial charge in [0.25, 0.3) is 0 Å². The van der Waals surface area contributed by atoms with Gasteiger partial charge in [-0.3, -0.25) is 0 Å². The molecule has 16 heteroatoms. The number of halogens is 12. The number of rotatable bonds is 6. The molecule has 0 bridgehead atoms. The average molecular weight is 885 g/mol. The van der Waals surface area contributed by atoms with E-state index in [-0.39, 0.29) is 0 Å². The van der Waals surface area contributed by atoms with E-state index >= 15 is 0 Å². The zero-order valence-electron chi connectivity index (χ0n) is 36.7. The third-order valence-corrected chi connectivity index (χ3v) is 12.4. The molecule has 0 aromatic rings. The fourth-order valence-corrected chi connectivity index (χ4v) is 8.30. The van der Waals surface area contributed by atoms with Crippen LogP contribution in [0, 0.1) is 29.1 Å². The van der Waals surface area contributed by atoms with Crippen LogP contribution in [0.5, 0.6) is 0 Å². The van der Waals surface area contributed by atoms with Gasteiger partial charge in [-0.05, 0) is 123 Å². The lowest BCUT2D eigenvalue weighted by molar-refractivity contribution is -0.245. The zero-order valence-corrected chi connectivity index (χ0v) is 36.7. The molecule has 0 heterocycles. The Morgan fingerprint density at radius 1 is 0.305 bits per heavy atom. The minimum absolute atomic E-state index is 0.701. The van der Waals surface area contributed by atoms with E-state index in [2.05, 4.69) is 0 Å². The molecule has 0 radical (unpaired) electrons. The third-order valence-electron chi connectivity index (χ3n) is 12.4. The molecule has 0 saturated heterocycles. The molecule has 4 N–H and O–H groups in total. The molecule has 4 aliphatic carbocycles. The van der Waals surface area contributed by atoms with Crippen LogP contribution in [-0.4, -0.2) is 67.5 Å². The molecule has 356 valence electrons. The van der Waals surface area contributed by atoms with Crippen molar-refractivity contribution in [2.45, 2.75) is 244 Å². The van der Waals surface area contributed by atoms with Crippen LogP contribution in [-0.2, 0) is 0 Å². The summed E-state index contributed by atoms with van der Waals surface area (Å²) in [5.41, 5.74) is -9.50. The van der Waals surface area contributed by atoms with Crippen molar-refractivity contribution < 1.29 is 73.1 Å². The molecule has 0 atom stereocenters. The van der Waals surface area contributed by atoms with Crippen LogP contribution in [0.3, 0.4) is 0 Å². The van der Waals surface area contributed by atoms with Gasteiger partial charge in [-0.15, -0.1) is 0 Å². The summed E-state index contributed by atoms with van der Waals surface area (Å²) in [5, 5.41) is 32.9. The summed E-state index contributed by atoms with van der Waals surface area (Å²) < 4.78 is 136. The molecule has 0 spiro atoms. The Labute approximate surface area is 345 Å². The quantitative estimate of drug-likeness (QED) is 0.200. The Hall–Kier alpha value is -1.00. The van der Waals surface area contributed by atoms with Crippen LogP contribution in [0.15, 0.2) is 0 Å². The predicted octanol–water partition coefficient (Wildman–Crippen LogP) is 14.4. The molecular weight excluding hydrogens is 808 g/mol. The number of hydrogen-bond donors (Lipinski definition) is 4. The van der Waals surface area contributed by atoms with Gasteiger partial charge in [0.15, 0.2) is 22.4 Å². The maximum absolute atomic E-state index is 11.3. The SMILES string of the molecule is C1CCC(CC(CC2CCCCC2)(C2CCCCC2)C2CCCCC2)CC1.CC(C)(O)C(F)(F)F.CC(C)(O)C(F)(F)F.CC(C)(O)C(F)(F)F.CC(C)(O)C(F)(F)F. The Morgan fingerprint density at radius 3 is 0.610 bits per heavy atom. The summed E-state index contributed by atoms with van der Waals surface area (Å²) in [4.78, 5) is 0. The molecule has 4 fully saturated rings. The van der Waals surface area contributed by atoms with Crippen molar-refractivity contribution in [1.82, 2.24) is 0 Å². The summed E-state index contributed by atoms with van der Waals surface area (Å²) in [5.74, 6) is 4.37. The second kappa shape index (κ2) is 23.6. The van der Waals surface area contributed by atoms with Crippen molar-refractivity contribution in [3.05, 3.63) is 0 Å². The smallest absolute Gasteiger partial charge is 0.381 e. The molecule has 4 saturated carbocycles. The predicted molar refractivity (Wildman–Crippen MR) is 207 cm³/mol. The van der Waals surface area contributed by atoms with E-state index in [0.29, 0.717) is 55.4 Å². The van der Waals surface area contributed by atoms with Crippen molar-refractivity contribution in [3.63, 3.8) is 0 Å². The van der Waals surface area contributed by atoms with Crippen molar-refractivity contribution in [1.29, 1.82) is 0 Å². The third kappa shape index (κ3) is 21.8. The summed E-state index contributed by atoms with van der Waals surface area (Å²) in [6.07, 6.45) is 16.4. The number of aliphatic hydroxyl groups is 4. The van der Waals surface area contributed by atoms with Gasteiger partial charge >= 0.3 is 24.7 Å². The first-order valence-corrected chi connectivity index (χ1v) is 21.5. The monoisotopic (exact) mass is 885 g/mol. The van der Waals surface area contributed by atoms with Gasteiger partial charge in [0.05, 0.1) is 0 Å². The molecule has 4 nitrogen and oxygen atoms in total. The first-order valence-electron chi connectivity index (χ1n) is 21.5. The van der Waals surface area contributed by atoms with Gasteiger partial charge in [0.2, 0.25) is 0 Å². The molecular formula is C43H76F12O4. The first kappa shape index (κ1) is 58.0. The maximum atomic E-state index is 11.3. The van der Waals surface area contributed by atoms with Gasteiger partial charge < -0.3 is 20.4 Å². The van der Waals surface area contributed by atoms with Gasteiger partial charge in [-0.1, -0.05) is 103 Å². The Balaban J connectivity index is 0.000000862. The summed E-state index contributed by atoms with van der Waals surface area (Å²) in [7, 11) is 0. The Morgan fingerprint density at radius 2 is 0.458 bits per heavy atom. The Kier molecular flexibility index (Phi) is 23.2. The van der Waals surface area contributed by atoms with Gasteiger partial charge in [0.1, 0.15) is 0 Å². The topological polar surface area (TPSA) is 80.9 Å². The van der Waals surface area contributed by atoms with Crippen molar-refractivity contribution >= 4 is 0 Å². The van der Waals surface area contributed by atoms with Crippen molar-refractivity contribution in [3.8, 4) is 0 Å². The lowest BCUT2D eigenvalue weighted by Crippen LogP contribution is -2.44. The van der Waals surface area contributed by atoms with E-state index in [4.69, 9.17) is 20.4 Å². The van der Waals surface area contributed by atoms with Crippen molar-refractivity contribution in [2.75, 3.05) is 0 Å². The van der Waals surface area contributed by atoms with Crippen LogP contribution in [0.4, 0.5) is 52.7 Å². The van der Waals surface area contributed by atoms with Crippen LogP contribution in [0.25, 0.3) is 0 Å². The summed E-state index contributed by atoms with van der Waals surface area (Å²) in [6.45, 7) is 5.61.